The van der Waals surface area contributed by atoms with Crippen LogP contribution >= 0.6 is 23.2 Å². The summed E-state index contributed by atoms with van der Waals surface area (Å²) in [6, 6.07) is 13.0. The molecule has 0 spiro atoms. The molecule has 2 aromatic carbocycles. The van der Waals surface area contributed by atoms with Crippen LogP contribution in [0.4, 0.5) is 10.1 Å². The van der Waals surface area contributed by atoms with Crippen molar-refractivity contribution in [3.05, 3.63) is 92.1 Å². The zero-order chi connectivity index (χ0) is 18.7. The number of nitrogens with zero attached hydrogens (tertiary/aromatic N) is 2. The molecule has 132 valence electrons. The van der Waals surface area contributed by atoms with Crippen molar-refractivity contribution in [1.82, 2.24) is 9.78 Å². The maximum Gasteiger partial charge on any atom is 0.276 e. The maximum absolute atomic E-state index is 13.3. The highest BCUT2D eigenvalue weighted by molar-refractivity contribution is 6.35. The topological polar surface area (TPSA) is 64.0 Å². The first kappa shape index (κ1) is 18.1. The van der Waals surface area contributed by atoms with E-state index in [1.165, 1.54) is 36.4 Å². The Hall–Kier alpha value is -2.70. The predicted octanol–water partition coefficient (Wildman–Crippen LogP) is 3.99. The van der Waals surface area contributed by atoms with Crippen LogP contribution in [0.3, 0.4) is 0 Å². The molecule has 8 heteroatoms. The summed E-state index contributed by atoms with van der Waals surface area (Å²) in [5.74, 6) is -0.970. The third kappa shape index (κ3) is 4.28. The Balaban J connectivity index is 1.85. The Morgan fingerprint density at radius 1 is 1.12 bits per heavy atom. The van der Waals surface area contributed by atoms with Crippen LogP contribution in [0, 0.1) is 5.82 Å². The Labute approximate surface area is 158 Å². The fourth-order valence-electron chi connectivity index (χ4n) is 2.27. The van der Waals surface area contributed by atoms with Crippen molar-refractivity contribution in [1.29, 1.82) is 0 Å². The lowest BCUT2D eigenvalue weighted by atomic mass is 10.2. The summed E-state index contributed by atoms with van der Waals surface area (Å²) in [5.41, 5.74) is 0.479. The molecule has 3 rings (SSSR count). The van der Waals surface area contributed by atoms with Gasteiger partial charge in [-0.05, 0) is 42.0 Å². The van der Waals surface area contributed by atoms with Crippen LogP contribution in [0.2, 0.25) is 10.0 Å². The van der Waals surface area contributed by atoms with Gasteiger partial charge in [0.1, 0.15) is 11.5 Å². The van der Waals surface area contributed by atoms with Gasteiger partial charge in [0.25, 0.3) is 11.5 Å². The average molecular weight is 392 g/mol. The summed E-state index contributed by atoms with van der Waals surface area (Å²) >= 11 is 11.9. The molecule has 0 saturated heterocycles. The largest absolute Gasteiger partial charge is 0.319 e. The van der Waals surface area contributed by atoms with Gasteiger partial charge >= 0.3 is 0 Å². The quantitative estimate of drug-likeness (QED) is 0.731. The second-order valence-corrected chi connectivity index (χ2v) is 6.27. The molecular formula is C18H12Cl2FN3O2. The molecule has 0 saturated carbocycles. The van der Waals surface area contributed by atoms with Crippen molar-refractivity contribution in [3.63, 3.8) is 0 Å². The van der Waals surface area contributed by atoms with Gasteiger partial charge in [-0.3, -0.25) is 9.59 Å². The minimum atomic E-state index is -0.554. The van der Waals surface area contributed by atoms with E-state index in [4.69, 9.17) is 23.2 Å². The van der Waals surface area contributed by atoms with Gasteiger partial charge in [-0.15, -0.1) is 0 Å². The first-order valence-corrected chi connectivity index (χ1v) is 8.27. The Kier molecular flexibility index (Phi) is 5.35. The highest BCUT2D eigenvalue weighted by atomic mass is 35.5. The molecule has 1 heterocycles. The lowest BCUT2D eigenvalue weighted by Crippen LogP contribution is -2.26. The van der Waals surface area contributed by atoms with E-state index >= 15 is 0 Å². The van der Waals surface area contributed by atoms with E-state index in [-0.39, 0.29) is 12.2 Å². The molecule has 0 aliphatic rings. The Morgan fingerprint density at radius 2 is 1.92 bits per heavy atom. The first-order valence-electron chi connectivity index (χ1n) is 7.51. The zero-order valence-corrected chi connectivity index (χ0v) is 14.8. The molecular weight excluding hydrogens is 380 g/mol. The second-order valence-electron chi connectivity index (χ2n) is 5.42. The molecule has 0 aliphatic carbocycles. The van der Waals surface area contributed by atoms with Gasteiger partial charge in [-0.25, -0.2) is 9.07 Å². The van der Waals surface area contributed by atoms with Crippen LogP contribution in [0.25, 0.3) is 0 Å². The number of amides is 1. The van der Waals surface area contributed by atoms with Gasteiger partial charge in [0.15, 0.2) is 0 Å². The number of benzene rings is 2. The minimum Gasteiger partial charge on any atom is -0.319 e. The highest BCUT2D eigenvalue weighted by Crippen LogP contribution is 2.25. The van der Waals surface area contributed by atoms with Crippen molar-refractivity contribution in [2.45, 2.75) is 6.54 Å². The van der Waals surface area contributed by atoms with Gasteiger partial charge < -0.3 is 5.32 Å². The van der Waals surface area contributed by atoms with Gasteiger partial charge in [0.05, 0.1) is 17.3 Å². The number of nitrogens with one attached hydrogen (secondary N) is 1. The lowest BCUT2D eigenvalue weighted by molar-refractivity contribution is 0.102. The van der Waals surface area contributed by atoms with E-state index in [1.807, 2.05) is 0 Å². The van der Waals surface area contributed by atoms with E-state index in [0.717, 1.165) is 4.68 Å². The number of anilines is 1. The van der Waals surface area contributed by atoms with E-state index < -0.39 is 17.3 Å². The van der Waals surface area contributed by atoms with Crippen LogP contribution in [0.5, 0.6) is 0 Å². The molecule has 5 nitrogen and oxygen atoms in total. The van der Waals surface area contributed by atoms with E-state index in [9.17, 15) is 14.0 Å². The predicted molar refractivity (Wildman–Crippen MR) is 98.4 cm³/mol. The fraction of sp³-hybridized carbons (Fsp3) is 0.0556. The van der Waals surface area contributed by atoms with Crippen LogP contribution < -0.4 is 10.9 Å². The van der Waals surface area contributed by atoms with E-state index in [2.05, 4.69) is 10.4 Å². The molecule has 0 unspecified atom stereocenters. The summed E-state index contributed by atoms with van der Waals surface area (Å²) in [4.78, 5) is 24.4. The number of carbonyl (C=O) groups excluding carboxylic acids is 1. The standard InChI is InChI=1S/C18H12Cl2FN3O2/c19-12-4-5-14(20)16(9-12)22-18(26)15-6-7-17(25)24(23-15)10-11-2-1-3-13(21)8-11/h1-9H,10H2,(H,22,26). The first-order chi connectivity index (χ1) is 12.4. The van der Waals surface area contributed by atoms with Gasteiger partial charge in [0, 0.05) is 11.1 Å². The molecule has 1 aromatic heterocycles. The normalized spacial score (nSPS) is 10.6. The van der Waals surface area contributed by atoms with Gasteiger partial charge in [-0.1, -0.05) is 35.3 Å². The van der Waals surface area contributed by atoms with Crippen molar-refractivity contribution >= 4 is 34.8 Å². The summed E-state index contributed by atoms with van der Waals surface area (Å²) < 4.78 is 14.4. The molecule has 0 radical (unpaired) electrons. The smallest absolute Gasteiger partial charge is 0.276 e. The maximum atomic E-state index is 13.3. The number of carbonyl (C=O) groups is 1. The van der Waals surface area contributed by atoms with Gasteiger partial charge in [-0.2, -0.15) is 5.10 Å². The number of hydrogen-bond acceptors (Lipinski definition) is 3. The molecule has 0 atom stereocenters. The summed E-state index contributed by atoms with van der Waals surface area (Å²) in [5, 5.41) is 7.36. The minimum absolute atomic E-state index is 0.0112. The van der Waals surface area contributed by atoms with Crippen molar-refractivity contribution in [2.75, 3.05) is 5.32 Å². The monoisotopic (exact) mass is 391 g/mol. The van der Waals surface area contributed by atoms with E-state index in [0.29, 0.717) is 21.3 Å². The molecule has 1 N–H and O–H groups in total. The zero-order valence-electron chi connectivity index (χ0n) is 13.2. The summed E-state index contributed by atoms with van der Waals surface area (Å²) in [6.07, 6.45) is 0. The van der Waals surface area contributed by atoms with Crippen LogP contribution in [-0.4, -0.2) is 15.7 Å². The van der Waals surface area contributed by atoms with Crippen LogP contribution in [0.1, 0.15) is 16.1 Å². The highest BCUT2D eigenvalue weighted by Gasteiger charge is 2.12. The summed E-state index contributed by atoms with van der Waals surface area (Å²) in [7, 11) is 0. The summed E-state index contributed by atoms with van der Waals surface area (Å²) in [6.45, 7) is 0.0373. The number of halogens is 3. The third-order valence-electron chi connectivity index (χ3n) is 3.50. The number of hydrogen-bond donors (Lipinski definition) is 1. The molecule has 3 aromatic rings. The van der Waals surface area contributed by atoms with Crippen molar-refractivity contribution in [3.8, 4) is 0 Å². The molecule has 0 fully saturated rings. The van der Waals surface area contributed by atoms with Crippen LogP contribution in [0.15, 0.2) is 59.4 Å². The number of aromatic nitrogens is 2. The Bertz CT molecular complexity index is 1040. The fourth-order valence-corrected chi connectivity index (χ4v) is 2.61. The van der Waals surface area contributed by atoms with Crippen LogP contribution in [-0.2, 0) is 6.54 Å². The van der Waals surface area contributed by atoms with Gasteiger partial charge in [0.2, 0.25) is 0 Å². The second kappa shape index (κ2) is 7.68. The molecule has 0 bridgehead atoms. The third-order valence-corrected chi connectivity index (χ3v) is 4.06. The molecule has 1 amide bonds. The molecule has 0 aliphatic heterocycles. The molecule has 26 heavy (non-hydrogen) atoms. The SMILES string of the molecule is O=C(Nc1cc(Cl)ccc1Cl)c1ccc(=O)n(Cc2cccc(F)c2)n1. The van der Waals surface area contributed by atoms with Crippen molar-refractivity contribution in [2.24, 2.45) is 0 Å². The lowest BCUT2D eigenvalue weighted by Gasteiger charge is -2.09. The average Bonchev–Trinajstić information content (AvgIpc) is 2.60. The van der Waals surface area contributed by atoms with Crippen molar-refractivity contribution < 1.29 is 9.18 Å². The number of rotatable bonds is 4. The van der Waals surface area contributed by atoms with E-state index in [1.54, 1.807) is 18.2 Å². The Morgan fingerprint density at radius 3 is 2.69 bits per heavy atom.